The average Bonchev–Trinajstić information content (AvgIpc) is 3.40. The minimum absolute atomic E-state index is 0.0632. The number of aromatic nitrogens is 4. The Morgan fingerprint density at radius 1 is 0.955 bits per heavy atom. The molecule has 2 aromatic heterocycles. The van der Waals surface area contributed by atoms with Crippen molar-refractivity contribution in [3.63, 3.8) is 0 Å². The van der Waals surface area contributed by atoms with Crippen LogP contribution in [0.25, 0.3) is 28.3 Å². The summed E-state index contributed by atoms with van der Waals surface area (Å²) in [7, 11) is 0. The molecule has 1 aliphatic heterocycles. The largest absolute Gasteiger partial charge is 0.462 e. The third kappa shape index (κ3) is 6.47. The molecule has 0 saturated carbocycles. The van der Waals surface area contributed by atoms with Gasteiger partial charge in [0, 0.05) is 41.1 Å². The number of nitrogens with zero attached hydrogens (tertiary/aromatic N) is 4. The highest BCUT2D eigenvalue weighted by Crippen LogP contribution is 2.38. The number of hydrogen-bond acceptors (Lipinski definition) is 7. The average molecular weight is 600 g/mol. The van der Waals surface area contributed by atoms with Gasteiger partial charge in [-0.1, -0.05) is 60.7 Å². The monoisotopic (exact) mass is 599 g/mol. The van der Waals surface area contributed by atoms with E-state index in [1.54, 1.807) is 18.3 Å². The highest BCUT2D eigenvalue weighted by molar-refractivity contribution is 5.76. The van der Waals surface area contributed by atoms with Crippen LogP contribution in [0.3, 0.4) is 0 Å². The number of ether oxygens (including phenoxy) is 1. The summed E-state index contributed by atoms with van der Waals surface area (Å²) >= 11 is 0. The number of para-hydroxylation sites is 1. The van der Waals surface area contributed by atoms with Gasteiger partial charge in [-0.3, -0.25) is 4.79 Å². The van der Waals surface area contributed by atoms with Crippen molar-refractivity contribution < 1.29 is 27.8 Å². The van der Waals surface area contributed by atoms with Crippen molar-refractivity contribution in [1.29, 1.82) is 0 Å². The van der Waals surface area contributed by atoms with Gasteiger partial charge in [-0.05, 0) is 37.1 Å². The molecule has 0 spiro atoms. The minimum Gasteiger partial charge on any atom is -0.462 e. The molecule has 5 aromatic rings. The van der Waals surface area contributed by atoms with Crippen LogP contribution in [-0.4, -0.2) is 43.0 Å². The predicted octanol–water partition coefficient (Wildman–Crippen LogP) is 6.76. The van der Waals surface area contributed by atoms with E-state index in [2.05, 4.69) is 15.3 Å². The van der Waals surface area contributed by atoms with Crippen molar-refractivity contribution in [2.24, 2.45) is 0 Å². The van der Waals surface area contributed by atoms with Crippen molar-refractivity contribution >= 4 is 17.6 Å². The summed E-state index contributed by atoms with van der Waals surface area (Å²) in [6.07, 6.45) is -3.50. The fourth-order valence-corrected chi connectivity index (χ4v) is 5.34. The van der Waals surface area contributed by atoms with Crippen molar-refractivity contribution in [1.82, 2.24) is 19.7 Å². The number of halogens is 3. The highest BCUT2D eigenvalue weighted by Gasteiger charge is 2.32. The number of rotatable bonds is 8. The SMILES string of the molecule is O=C1C[C@H](O)C[C@@H](CCc2c(-c3ccccc3)nn(-c3ccnc(Nc4ccccc4)n3)c2-c2cccc(C(F)(F)F)c2)O1. The van der Waals surface area contributed by atoms with Crippen molar-refractivity contribution in [2.75, 3.05) is 5.32 Å². The Morgan fingerprint density at radius 2 is 1.68 bits per heavy atom. The number of benzene rings is 3. The van der Waals surface area contributed by atoms with Gasteiger partial charge in [-0.25, -0.2) is 9.67 Å². The number of carbonyl (C=O) groups excluding carboxylic acids is 1. The van der Waals surface area contributed by atoms with Crippen LogP contribution in [0.4, 0.5) is 24.8 Å². The summed E-state index contributed by atoms with van der Waals surface area (Å²) in [4.78, 5) is 21.0. The molecule has 3 aromatic carbocycles. The standard InChI is InChI=1S/C33H28F3N5O3/c34-33(35,36)23-11-7-10-22(18-23)31-27(15-14-26-19-25(42)20-29(43)44-26)30(21-8-3-1-4-9-21)40-41(31)28-16-17-37-32(39-28)38-24-12-5-2-6-13-24/h1-13,16-18,25-26,42H,14-15,19-20H2,(H,37,38,39)/t25-,26-/m1/s1. The summed E-state index contributed by atoms with van der Waals surface area (Å²) in [6, 6.07) is 25.4. The van der Waals surface area contributed by atoms with E-state index in [0.29, 0.717) is 41.2 Å². The summed E-state index contributed by atoms with van der Waals surface area (Å²) in [5.41, 5.74) is 2.64. The first-order valence-electron chi connectivity index (χ1n) is 14.1. The molecule has 3 heterocycles. The van der Waals surface area contributed by atoms with Crippen LogP contribution < -0.4 is 5.32 Å². The van der Waals surface area contributed by atoms with Crippen LogP contribution in [0.15, 0.2) is 97.2 Å². The first-order chi connectivity index (χ1) is 21.2. The molecule has 6 rings (SSSR count). The lowest BCUT2D eigenvalue weighted by atomic mass is 9.94. The van der Waals surface area contributed by atoms with Crippen molar-refractivity contribution in [3.8, 4) is 28.3 Å². The molecule has 224 valence electrons. The van der Waals surface area contributed by atoms with Crippen molar-refractivity contribution in [2.45, 2.75) is 44.1 Å². The molecule has 2 N–H and O–H groups in total. The molecule has 1 fully saturated rings. The van der Waals surface area contributed by atoms with Gasteiger partial charge in [0.05, 0.1) is 29.5 Å². The zero-order chi connectivity index (χ0) is 30.7. The molecule has 8 nitrogen and oxygen atoms in total. The normalized spacial score (nSPS) is 16.9. The van der Waals surface area contributed by atoms with E-state index in [1.165, 1.54) is 10.7 Å². The third-order valence-electron chi connectivity index (χ3n) is 7.33. The summed E-state index contributed by atoms with van der Waals surface area (Å²) in [5, 5.41) is 18.2. The van der Waals surface area contributed by atoms with E-state index in [0.717, 1.165) is 23.4 Å². The van der Waals surface area contributed by atoms with Gasteiger partial charge in [0.25, 0.3) is 0 Å². The number of aliphatic hydroxyl groups excluding tert-OH is 1. The van der Waals surface area contributed by atoms with Crippen molar-refractivity contribution in [3.05, 3.63) is 108 Å². The summed E-state index contributed by atoms with van der Waals surface area (Å²) in [5.74, 6) is 0.143. The van der Waals surface area contributed by atoms with E-state index in [9.17, 15) is 23.1 Å². The predicted molar refractivity (Wildman–Crippen MR) is 158 cm³/mol. The van der Waals surface area contributed by atoms with E-state index in [4.69, 9.17) is 9.84 Å². The topological polar surface area (TPSA) is 102 Å². The van der Waals surface area contributed by atoms with Gasteiger partial charge in [-0.2, -0.15) is 23.3 Å². The lowest BCUT2D eigenvalue weighted by molar-refractivity contribution is -0.160. The van der Waals surface area contributed by atoms with Gasteiger partial charge in [0.2, 0.25) is 5.95 Å². The van der Waals surface area contributed by atoms with Crippen LogP contribution >= 0.6 is 0 Å². The molecule has 0 aliphatic carbocycles. The van der Waals surface area contributed by atoms with E-state index < -0.39 is 29.9 Å². The number of esters is 1. The Hall–Kier alpha value is -5.03. The number of alkyl halides is 3. The Labute approximate surface area is 251 Å². The molecule has 0 radical (unpaired) electrons. The Balaban J connectivity index is 1.51. The van der Waals surface area contributed by atoms with E-state index >= 15 is 0 Å². The molecule has 1 aliphatic rings. The Bertz CT molecular complexity index is 1760. The lowest BCUT2D eigenvalue weighted by Gasteiger charge is -2.26. The molecule has 44 heavy (non-hydrogen) atoms. The van der Waals surface area contributed by atoms with Gasteiger partial charge in [-0.15, -0.1) is 0 Å². The zero-order valence-corrected chi connectivity index (χ0v) is 23.4. The zero-order valence-electron chi connectivity index (χ0n) is 23.4. The lowest BCUT2D eigenvalue weighted by Crippen LogP contribution is -2.32. The number of hydrogen-bond donors (Lipinski definition) is 2. The van der Waals surface area contributed by atoms with E-state index in [1.807, 2.05) is 60.7 Å². The third-order valence-corrected chi connectivity index (χ3v) is 7.33. The number of nitrogens with one attached hydrogen (secondary N) is 1. The summed E-state index contributed by atoms with van der Waals surface area (Å²) < 4.78 is 48.7. The number of carbonyl (C=O) groups is 1. The maximum atomic E-state index is 13.9. The maximum Gasteiger partial charge on any atom is 0.416 e. The van der Waals surface area contributed by atoms with Crippen LogP contribution in [0, 0.1) is 0 Å². The fourth-order valence-electron chi connectivity index (χ4n) is 5.34. The highest BCUT2D eigenvalue weighted by atomic mass is 19.4. The van der Waals surface area contributed by atoms with Crippen LogP contribution in [0.2, 0.25) is 0 Å². The Morgan fingerprint density at radius 3 is 2.41 bits per heavy atom. The maximum absolute atomic E-state index is 13.9. The second kappa shape index (κ2) is 12.3. The molecular formula is C33H28F3N5O3. The summed E-state index contributed by atoms with van der Waals surface area (Å²) in [6.45, 7) is 0. The van der Waals surface area contributed by atoms with Crippen LogP contribution in [0.5, 0.6) is 0 Å². The number of cyclic esters (lactones) is 1. The molecule has 2 atom stereocenters. The molecule has 11 heteroatoms. The Kier molecular flexibility index (Phi) is 8.12. The number of anilines is 2. The first kappa shape index (κ1) is 29.1. The van der Waals surface area contributed by atoms with Crippen LogP contribution in [-0.2, 0) is 22.1 Å². The second-order valence-corrected chi connectivity index (χ2v) is 10.5. The van der Waals surface area contributed by atoms with Gasteiger partial charge in [0.15, 0.2) is 5.82 Å². The minimum atomic E-state index is -4.56. The molecule has 0 amide bonds. The quantitative estimate of drug-likeness (QED) is 0.190. The molecule has 0 bridgehead atoms. The van der Waals surface area contributed by atoms with Gasteiger partial charge in [0.1, 0.15) is 6.10 Å². The van der Waals surface area contributed by atoms with E-state index in [-0.39, 0.29) is 18.8 Å². The van der Waals surface area contributed by atoms with Crippen LogP contribution in [0.1, 0.15) is 30.4 Å². The fraction of sp³-hybridized carbons (Fsp3) is 0.212. The molecular weight excluding hydrogens is 571 g/mol. The van der Waals surface area contributed by atoms with Gasteiger partial charge >= 0.3 is 12.1 Å². The smallest absolute Gasteiger partial charge is 0.416 e. The molecule has 0 unspecified atom stereocenters. The molecule has 1 saturated heterocycles. The van der Waals surface area contributed by atoms with Gasteiger partial charge < -0.3 is 15.2 Å². The second-order valence-electron chi connectivity index (χ2n) is 10.5. The first-order valence-corrected chi connectivity index (χ1v) is 14.1. The number of aliphatic hydroxyl groups is 1.